The number of nitrogens with zero attached hydrogens (tertiary/aromatic N) is 3. The first-order chi connectivity index (χ1) is 6.49. The predicted octanol–water partition coefficient (Wildman–Crippen LogP) is 1.33. The SMILES string of the molecule is CC(C)N=C(N)N(CCC#N)C(C)C. The summed E-state index contributed by atoms with van der Waals surface area (Å²) in [6, 6.07) is 2.59. The molecule has 80 valence electrons. The van der Waals surface area contributed by atoms with Crippen molar-refractivity contribution in [3.05, 3.63) is 0 Å². The van der Waals surface area contributed by atoms with Crippen molar-refractivity contribution in [2.24, 2.45) is 10.7 Å². The highest BCUT2D eigenvalue weighted by Gasteiger charge is 2.11. The molecular formula is C10H20N4. The van der Waals surface area contributed by atoms with Crippen molar-refractivity contribution in [2.75, 3.05) is 6.54 Å². The van der Waals surface area contributed by atoms with E-state index in [4.69, 9.17) is 11.0 Å². The number of aliphatic imine (C=N–C) groups is 1. The Hall–Kier alpha value is -1.24. The van der Waals surface area contributed by atoms with Crippen molar-refractivity contribution in [1.82, 2.24) is 4.90 Å². The van der Waals surface area contributed by atoms with Gasteiger partial charge in [0.05, 0.1) is 12.5 Å². The maximum absolute atomic E-state index is 8.50. The first kappa shape index (κ1) is 12.8. The summed E-state index contributed by atoms with van der Waals surface area (Å²) in [4.78, 5) is 6.21. The fraction of sp³-hybridized carbons (Fsp3) is 0.800. The summed E-state index contributed by atoms with van der Waals surface area (Å²) in [5.41, 5.74) is 5.83. The molecule has 4 heteroatoms. The Morgan fingerprint density at radius 2 is 2.00 bits per heavy atom. The predicted molar refractivity (Wildman–Crippen MR) is 58.8 cm³/mol. The first-order valence-electron chi connectivity index (χ1n) is 4.96. The molecule has 0 aliphatic carbocycles. The van der Waals surface area contributed by atoms with Crippen LogP contribution in [-0.4, -0.2) is 29.5 Å². The molecule has 0 bridgehead atoms. The highest BCUT2D eigenvalue weighted by atomic mass is 15.3. The maximum Gasteiger partial charge on any atom is 0.191 e. The molecule has 0 atom stereocenters. The molecule has 0 fully saturated rings. The van der Waals surface area contributed by atoms with Crippen LogP contribution < -0.4 is 5.73 Å². The number of nitriles is 1. The summed E-state index contributed by atoms with van der Waals surface area (Å²) >= 11 is 0. The van der Waals surface area contributed by atoms with Crippen LogP contribution in [0.4, 0.5) is 0 Å². The van der Waals surface area contributed by atoms with E-state index in [0.29, 0.717) is 18.9 Å². The summed E-state index contributed by atoms with van der Waals surface area (Å²) in [5.74, 6) is 0.533. The van der Waals surface area contributed by atoms with Gasteiger partial charge in [-0.2, -0.15) is 5.26 Å². The largest absolute Gasteiger partial charge is 0.370 e. The van der Waals surface area contributed by atoms with E-state index in [9.17, 15) is 0 Å². The molecule has 2 N–H and O–H groups in total. The van der Waals surface area contributed by atoms with E-state index < -0.39 is 0 Å². The highest BCUT2D eigenvalue weighted by Crippen LogP contribution is 2.00. The van der Waals surface area contributed by atoms with E-state index in [1.807, 2.05) is 32.6 Å². The second kappa shape index (κ2) is 6.25. The zero-order valence-corrected chi connectivity index (χ0v) is 9.49. The fourth-order valence-electron chi connectivity index (χ4n) is 1.15. The third-order valence-corrected chi connectivity index (χ3v) is 1.77. The van der Waals surface area contributed by atoms with Gasteiger partial charge in [-0.1, -0.05) is 0 Å². The van der Waals surface area contributed by atoms with Gasteiger partial charge >= 0.3 is 0 Å². The van der Waals surface area contributed by atoms with Crippen LogP contribution in [0, 0.1) is 11.3 Å². The lowest BCUT2D eigenvalue weighted by Crippen LogP contribution is -2.43. The fourth-order valence-corrected chi connectivity index (χ4v) is 1.15. The number of hydrogen-bond donors (Lipinski definition) is 1. The monoisotopic (exact) mass is 196 g/mol. The normalized spacial score (nSPS) is 11.9. The van der Waals surface area contributed by atoms with Crippen LogP contribution in [0.1, 0.15) is 34.1 Å². The van der Waals surface area contributed by atoms with E-state index in [1.54, 1.807) is 0 Å². The second-order valence-corrected chi connectivity index (χ2v) is 3.78. The lowest BCUT2D eigenvalue weighted by molar-refractivity contribution is 0.350. The smallest absolute Gasteiger partial charge is 0.191 e. The van der Waals surface area contributed by atoms with Crippen molar-refractivity contribution in [1.29, 1.82) is 5.26 Å². The summed E-state index contributed by atoms with van der Waals surface area (Å²) in [7, 11) is 0. The third-order valence-electron chi connectivity index (χ3n) is 1.77. The van der Waals surface area contributed by atoms with Crippen LogP contribution in [0.25, 0.3) is 0 Å². The third kappa shape index (κ3) is 4.70. The number of hydrogen-bond acceptors (Lipinski definition) is 2. The van der Waals surface area contributed by atoms with E-state index in [0.717, 1.165) is 0 Å². The van der Waals surface area contributed by atoms with Gasteiger partial charge in [-0.05, 0) is 27.7 Å². The van der Waals surface area contributed by atoms with Crippen molar-refractivity contribution in [3.8, 4) is 6.07 Å². The van der Waals surface area contributed by atoms with Crippen LogP contribution in [0.5, 0.6) is 0 Å². The molecule has 0 aliphatic rings. The van der Waals surface area contributed by atoms with Crippen molar-refractivity contribution in [2.45, 2.75) is 46.2 Å². The molecule has 0 aromatic rings. The lowest BCUT2D eigenvalue weighted by Gasteiger charge is -2.27. The standard InChI is InChI=1S/C10H20N4/c1-8(2)13-10(12)14(9(3)4)7-5-6-11/h8-9H,5,7H2,1-4H3,(H2,12,13). The molecule has 0 heterocycles. The van der Waals surface area contributed by atoms with Gasteiger partial charge in [0.1, 0.15) is 0 Å². The van der Waals surface area contributed by atoms with E-state index in [-0.39, 0.29) is 12.1 Å². The Morgan fingerprint density at radius 1 is 1.43 bits per heavy atom. The van der Waals surface area contributed by atoms with Gasteiger partial charge in [-0.15, -0.1) is 0 Å². The zero-order chi connectivity index (χ0) is 11.1. The minimum atomic E-state index is 0.193. The molecule has 0 aromatic heterocycles. The molecule has 14 heavy (non-hydrogen) atoms. The molecule has 0 saturated heterocycles. The van der Waals surface area contributed by atoms with E-state index >= 15 is 0 Å². The van der Waals surface area contributed by atoms with Gasteiger partial charge in [0.2, 0.25) is 0 Å². The summed E-state index contributed by atoms with van der Waals surface area (Å²) in [6.07, 6.45) is 0.479. The summed E-state index contributed by atoms with van der Waals surface area (Å²) < 4.78 is 0. The van der Waals surface area contributed by atoms with Gasteiger partial charge in [-0.25, -0.2) is 0 Å². The summed E-state index contributed by atoms with van der Waals surface area (Å²) in [5, 5.41) is 8.50. The van der Waals surface area contributed by atoms with Gasteiger partial charge < -0.3 is 10.6 Å². The molecule has 0 spiro atoms. The van der Waals surface area contributed by atoms with Crippen LogP contribution in [-0.2, 0) is 0 Å². The Bertz CT molecular complexity index is 225. The van der Waals surface area contributed by atoms with E-state index in [2.05, 4.69) is 11.1 Å². The van der Waals surface area contributed by atoms with Gasteiger partial charge in [0.15, 0.2) is 5.96 Å². The molecule has 0 aromatic carbocycles. The maximum atomic E-state index is 8.50. The van der Waals surface area contributed by atoms with Crippen molar-refractivity contribution < 1.29 is 0 Å². The lowest BCUT2D eigenvalue weighted by atomic mass is 10.3. The number of nitrogens with two attached hydrogens (primary N) is 1. The van der Waals surface area contributed by atoms with Crippen molar-refractivity contribution >= 4 is 5.96 Å². The molecular weight excluding hydrogens is 176 g/mol. The van der Waals surface area contributed by atoms with E-state index in [1.165, 1.54) is 0 Å². The molecule has 4 nitrogen and oxygen atoms in total. The zero-order valence-electron chi connectivity index (χ0n) is 9.49. The average molecular weight is 196 g/mol. The Labute approximate surface area is 86.4 Å². The van der Waals surface area contributed by atoms with Gasteiger partial charge in [0.25, 0.3) is 0 Å². The van der Waals surface area contributed by atoms with Crippen molar-refractivity contribution in [3.63, 3.8) is 0 Å². The van der Waals surface area contributed by atoms with Crippen LogP contribution in [0.15, 0.2) is 4.99 Å². The molecule has 0 saturated carbocycles. The first-order valence-corrected chi connectivity index (χ1v) is 4.96. The number of guanidine groups is 1. The quantitative estimate of drug-likeness (QED) is 0.545. The Morgan fingerprint density at radius 3 is 2.36 bits per heavy atom. The second-order valence-electron chi connectivity index (χ2n) is 3.78. The highest BCUT2D eigenvalue weighted by molar-refractivity contribution is 5.78. The molecule has 0 aliphatic heterocycles. The van der Waals surface area contributed by atoms with Gasteiger partial charge in [-0.3, -0.25) is 4.99 Å². The topological polar surface area (TPSA) is 65.4 Å². The molecule has 0 unspecified atom stereocenters. The van der Waals surface area contributed by atoms with Crippen LogP contribution in [0.2, 0.25) is 0 Å². The van der Waals surface area contributed by atoms with Gasteiger partial charge in [0, 0.05) is 18.6 Å². The summed E-state index contributed by atoms with van der Waals surface area (Å²) in [6.45, 7) is 8.70. The Balaban J connectivity index is 4.42. The molecule has 0 rings (SSSR count). The minimum absolute atomic E-state index is 0.193. The Kier molecular flexibility index (Phi) is 5.70. The number of rotatable bonds is 4. The molecule has 0 radical (unpaired) electrons. The van der Waals surface area contributed by atoms with Crippen LogP contribution >= 0.6 is 0 Å². The minimum Gasteiger partial charge on any atom is -0.370 e. The van der Waals surface area contributed by atoms with Crippen LogP contribution in [0.3, 0.4) is 0 Å². The average Bonchev–Trinajstić information content (AvgIpc) is 2.02. The molecule has 0 amide bonds.